The summed E-state index contributed by atoms with van der Waals surface area (Å²) < 4.78 is 0. The SMILES string of the molecule is O=C(NC1(c2ccccc2)CCC1)c1ccccn1. The van der Waals surface area contributed by atoms with E-state index in [2.05, 4.69) is 22.4 Å². The van der Waals surface area contributed by atoms with Crippen LogP contribution in [0.5, 0.6) is 0 Å². The molecule has 1 amide bonds. The molecule has 1 aromatic heterocycles. The zero-order valence-electron chi connectivity index (χ0n) is 10.7. The van der Waals surface area contributed by atoms with Crippen molar-refractivity contribution < 1.29 is 4.79 Å². The fraction of sp³-hybridized carbons (Fsp3) is 0.250. The van der Waals surface area contributed by atoms with E-state index < -0.39 is 0 Å². The average Bonchev–Trinajstić information content (AvgIpc) is 2.44. The largest absolute Gasteiger partial charge is 0.341 e. The van der Waals surface area contributed by atoms with E-state index in [9.17, 15) is 4.79 Å². The third-order valence-corrected chi connectivity index (χ3v) is 3.78. The van der Waals surface area contributed by atoms with Crippen LogP contribution in [0, 0.1) is 0 Å². The van der Waals surface area contributed by atoms with Gasteiger partial charge >= 0.3 is 0 Å². The highest BCUT2D eigenvalue weighted by atomic mass is 16.2. The van der Waals surface area contributed by atoms with E-state index in [0.29, 0.717) is 5.69 Å². The fourth-order valence-electron chi connectivity index (χ4n) is 2.55. The summed E-state index contributed by atoms with van der Waals surface area (Å²) in [5, 5.41) is 3.16. The minimum atomic E-state index is -0.199. The number of aromatic nitrogens is 1. The Kier molecular flexibility index (Phi) is 3.03. The van der Waals surface area contributed by atoms with Gasteiger partial charge in [-0.05, 0) is 37.0 Å². The standard InChI is InChI=1S/C16H16N2O/c19-15(14-9-4-5-12-17-14)18-16(10-6-11-16)13-7-2-1-3-8-13/h1-5,7-9,12H,6,10-11H2,(H,18,19). The molecule has 0 atom stereocenters. The fourth-order valence-corrected chi connectivity index (χ4v) is 2.55. The number of rotatable bonds is 3. The van der Waals surface area contributed by atoms with Crippen LogP contribution >= 0.6 is 0 Å². The smallest absolute Gasteiger partial charge is 0.270 e. The summed E-state index contributed by atoms with van der Waals surface area (Å²) >= 11 is 0. The molecule has 1 aliphatic rings. The molecule has 3 rings (SSSR count). The molecule has 3 heteroatoms. The van der Waals surface area contributed by atoms with Crippen LogP contribution in [0.1, 0.15) is 35.3 Å². The predicted molar refractivity (Wildman–Crippen MR) is 73.7 cm³/mol. The Hall–Kier alpha value is -2.16. The summed E-state index contributed by atoms with van der Waals surface area (Å²) in [5.74, 6) is -0.0934. The van der Waals surface area contributed by atoms with Crippen LogP contribution in [-0.2, 0) is 5.54 Å². The molecule has 2 aromatic rings. The maximum absolute atomic E-state index is 12.3. The lowest BCUT2D eigenvalue weighted by Gasteiger charge is -2.43. The van der Waals surface area contributed by atoms with E-state index >= 15 is 0 Å². The molecule has 1 fully saturated rings. The van der Waals surface area contributed by atoms with E-state index in [1.54, 1.807) is 12.3 Å². The quantitative estimate of drug-likeness (QED) is 0.912. The Morgan fingerprint density at radius 2 is 1.79 bits per heavy atom. The third-order valence-electron chi connectivity index (χ3n) is 3.78. The summed E-state index contributed by atoms with van der Waals surface area (Å²) in [5.41, 5.74) is 1.46. The Bertz CT molecular complexity index is 562. The number of hydrogen-bond acceptors (Lipinski definition) is 2. The number of amides is 1. The first kappa shape index (κ1) is 11.9. The maximum atomic E-state index is 12.3. The van der Waals surface area contributed by atoms with Gasteiger partial charge in [-0.1, -0.05) is 36.4 Å². The molecule has 96 valence electrons. The Morgan fingerprint density at radius 1 is 1.05 bits per heavy atom. The predicted octanol–water partition coefficient (Wildman–Crippen LogP) is 2.89. The van der Waals surface area contributed by atoms with Crippen molar-refractivity contribution in [3.8, 4) is 0 Å². The van der Waals surface area contributed by atoms with Crippen LogP contribution in [0.2, 0.25) is 0 Å². The molecule has 1 N–H and O–H groups in total. The summed E-state index contributed by atoms with van der Waals surface area (Å²) in [6, 6.07) is 15.6. The number of benzene rings is 1. The van der Waals surface area contributed by atoms with Crippen LogP contribution < -0.4 is 5.32 Å². The van der Waals surface area contributed by atoms with Crippen molar-refractivity contribution in [2.75, 3.05) is 0 Å². The second kappa shape index (κ2) is 4.84. The summed E-state index contributed by atoms with van der Waals surface area (Å²) in [6.45, 7) is 0. The van der Waals surface area contributed by atoms with Gasteiger partial charge in [0.15, 0.2) is 0 Å². The molecule has 19 heavy (non-hydrogen) atoms. The van der Waals surface area contributed by atoms with Crippen molar-refractivity contribution in [1.29, 1.82) is 0 Å². The number of nitrogens with zero attached hydrogens (tertiary/aromatic N) is 1. The summed E-state index contributed by atoms with van der Waals surface area (Å²) in [4.78, 5) is 16.4. The lowest BCUT2D eigenvalue weighted by molar-refractivity contribution is 0.0818. The molecule has 0 saturated heterocycles. The molecule has 0 unspecified atom stereocenters. The van der Waals surface area contributed by atoms with Gasteiger partial charge in [0.2, 0.25) is 0 Å². The second-order valence-corrected chi connectivity index (χ2v) is 4.97. The van der Waals surface area contributed by atoms with Gasteiger partial charge in [0.1, 0.15) is 5.69 Å². The molecule has 3 nitrogen and oxygen atoms in total. The van der Waals surface area contributed by atoms with Crippen molar-refractivity contribution in [3.05, 3.63) is 66.0 Å². The lowest BCUT2D eigenvalue weighted by atomic mass is 9.71. The molecule has 1 heterocycles. The minimum absolute atomic E-state index is 0.0934. The first-order chi connectivity index (χ1) is 9.30. The maximum Gasteiger partial charge on any atom is 0.270 e. The number of carbonyl (C=O) groups is 1. The number of pyridine rings is 1. The Morgan fingerprint density at radius 3 is 2.37 bits per heavy atom. The van der Waals surface area contributed by atoms with E-state index in [0.717, 1.165) is 19.3 Å². The highest BCUT2D eigenvalue weighted by Crippen LogP contribution is 2.41. The van der Waals surface area contributed by atoms with Crippen LogP contribution in [0.25, 0.3) is 0 Å². The monoisotopic (exact) mass is 252 g/mol. The number of nitrogens with one attached hydrogen (secondary N) is 1. The van der Waals surface area contributed by atoms with Gasteiger partial charge in [0.05, 0.1) is 5.54 Å². The average molecular weight is 252 g/mol. The van der Waals surface area contributed by atoms with Crippen molar-refractivity contribution >= 4 is 5.91 Å². The number of carbonyl (C=O) groups excluding carboxylic acids is 1. The van der Waals surface area contributed by atoms with E-state index in [1.807, 2.05) is 30.3 Å². The van der Waals surface area contributed by atoms with Crippen LogP contribution in [-0.4, -0.2) is 10.9 Å². The van der Waals surface area contributed by atoms with Crippen molar-refractivity contribution in [2.45, 2.75) is 24.8 Å². The van der Waals surface area contributed by atoms with E-state index in [1.165, 1.54) is 5.56 Å². The molecule has 0 spiro atoms. The van der Waals surface area contributed by atoms with Crippen molar-refractivity contribution in [1.82, 2.24) is 10.3 Å². The number of hydrogen-bond donors (Lipinski definition) is 1. The molecule has 1 aliphatic carbocycles. The van der Waals surface area contributed by atoms with Crippen LogP contribution in [0.15, 0.2) is 54.7 Å². The van der Waals surface area contributed by atoms with Gasteiger partial charge in [0, 0.05) is 6.20 Å². The van der Waals surface area contributed by atoms with Gasteiger partial charge in [-0.15, -0.1) is 0 Å². The highest BCUT2D eigenvalue weighted by molar-refractivity contribution is 5.92. The van der Waals surface area contributed by atoms with E-state index in [-0.39, 0.29) is 11.4 Å². The molecule has 0 radical (unpaired) electrons. The normalized spacial score (nSPS) is 16.4. The molecular weight excluding hydrogens is 236 g/mol. The van der Waals surface area contributed by atoms with Gasteiger partial charge in [-0.25, -0.2) is 0 Å². The molecule has 0 bridgehead atoms. The zero-order valence-corrected chi connectivity index (χ0v) is 10.7. The van der Waals surface area contributed by atoms with E-state index in [4.69, 9.17) is 0 Å². The van der Waals surface area contributed by atoms with Gasteiger partial charge < -0.3 is 5.32 Å². The third kappa shape index (κ3) is 2.24. The van der Waals surface area contributed by atoms with Crippen molar-refractivity contribution in [2.24, 2.45) is 0 Å². The molecule has 1 aromatic carbocycles. The minimum Gasteiger partial charge on any atom is -0.341 e. The zero-order chi connectivity index (χ0) is 13.1. The van der Waals surface area contributed by atoms with Gasteiger partial charge in [-0.3, -0.25) is 9.78 Å². The lowest BCUT2D eigenvalue weighted by Crippen LogP contribution is -2.50. The summed E-state index contributed by atoms with van der Waals surface area (Å²) in [6.07, 6.45) is 4.79. The topological polar surface area (TPSA) is 42.0 Å². The Balaban J connectivity index is 1.83. The molecule has 1 saturated carbocycles. The highest BCUT2D eigenvalue weighted by Gasteiger charge is 2.40. The van der Waals surface area contributed by atoms with Gasteiger partial charge in [0.25, 0.3) is 5.91 Å². The first-order valence-corrected chi connectivity index (χ1v) is 6.59. The summed E-state index contributed by atoms with van der Waals surface area (Å²) in [7, 11) is 0. The van der Waals surface area contributed by atoms with Crippen molar-refractivity contribution in [3.63, 3.8) is 0 Å². The molecule has 0 aliphatic heterocycles. The van der Waals surface area contributed by atoms with Gasteiger partial charge in [-0.2, -0.15) is 0 Å². The molecular formula is C16H16N2O. The Labute approximate surface area is 112 Å². The second-order valence-electron chi connectivity index (χ2n) is 4.97. The van der Waals surface area contributed by atoms with Crippen LogP contribution in [0.4, 0.5) is 0 Å². The van der Waals surface area contributed by atoms with Crippen LogP contribution in [0.3, 0.4) is 0 Å². The first-order valence-electron chi connectivity index (χ1n) is 6.59.